The summed E-state index contributed by atoms with van der Waals surface area (Å²) in [7, 11) is 0. The highest BCUT2D eigenvalue weighted by molar-refractivity contribution is 5.94. The van der Waals surface area contributed by atoms with Crippen LogP contribution in [0.4, 0.5) is 5.82 Å². The molecular formula is C21H26N4O. The molecule has 0 radical (unpaired) electrons. The molecule has 2 aliphatic rings. The molecule has 2 aliphatic heterocycles. The van der Waals surface area contributed by atoms with Gasteiger partial charge in [0.15, 0.2) is 0 Å². The summed E-state index contributed by atoms with van der Waals surface area (Å²) in [6.07, 6.45) is 6.29. The normalized spacial score (nSPS) is 18.3. The average molecular weight is 350 g/mol. The maximum absolute atomic E-state index is 12.7. The molecular weight excluding hydrogens is 324 g/mol. The minimum Gasteiger partial charge on any atom is -0.357 e. The summed E-state index contributed by atoms with van der Waals surface area (Å²) in [6.45, 7) is 6.13. The number of carbonyl (C=O) groups excluding carboxylic acids is 1. The van der Waals surface area contributed by atoms with E-state index in [1.165, 1.54) is 12.8 Å². The number of rotatable bonds is 3. The second-order valence-corrected chi connectivity index (χ2v) is 7.51. The van der Waals surface area contributed by atoms with Gasteiger partial charge >= 0.3 is 0 Å². The van der Waals surface area contributed by atoms with Gasteiger partial charge in [0.1, 0.15) is 12.1 Å². The molecule has 0 saturated carbocycles. The van der Waals surface area contributed by atoms with Gasteiger partial charge in [0.2, 0.25) is 0 Å². The quantitative estimate of drug-likeness (QED) is 0.848. The summed E-state index contributed by atoms with van der Waals surface area (Å²) in [5.41, 5.74) is 2.70. The Kier molecular flexibility index (Phi) is 4.87. The molecule has 2 aromatic rings. The number of hydrogen-bond donors (Lipinski definition) is 0. The van der Waals surface area contributed by atoms with E-state index in [0.29, 0.717) is 0 Å². The molecule has 2 fully saturated rings. The zero-order valence-corrected chi connectivity index (χ0v) is 15.4. The third-order valence-electron chi connectivity index (χ3n) is 5.58. The fourth-order valence-electron chi connectivity index (χ4n) is 3.80. The Morgan fingerprint density at radius 1 is 1.00 bits per heavy atom. The van der Waals surface area contributed by atoms with Crippen molar-refractivity contribution in [3.63, 3.8) is 0 Å². The molecule has 136 valence electrons. The van der Waals surface area contributed by atoms with E-state index in [1.54, 1.807) is 6.33 Å². The number of piperidine rings is 1. The average Bonchev–Trinajstić information content (AvgIpc) is 3.23. The van der Waals surface area contributed by atoms with Gasteiger partial charge in [-0.1, -0.05) is 19.1 Å². The first-order valence-electron chi connectivity index (χ1n) is 9.67. The van der Waals surface area contributed by atoms with Gasteiger partial charge < -0.3 is 9.80 Å². The Morgan fingerprint density at radius 2 is 1.69 bits per heavy atom. The van der Waals surface area contributed by atoms with Crippen LogP contribution < -0.4 is 4.90 Å². The third kappa shape index (κ3) is 3.57. The molecule has 5 nitrogen and oxygen atoms in total. The number of nitrogens with zero attached hydrogens (tertiary/aromatic N) is 4. The van der Waals surface area contributed by atoms with Gasteiger partial charge in [-0.05, 0) is 43.7 Å². The van der Waals surface area contributed by atoms with Crippen LogP contribution in [-0.4, -0.2) is 47.0 Å². The molecule has 0 atom stereocenters. The minimum atomic E-state index is 0.142. The molecule has 3 heterocycles. The molecule has 0 aliphatic carbocycles. The number of carbonyl (C=O) groups is 1. The predicted octanol–water partition coefficient (Wildman–Crippen LogP) is 3.62. The van der Waals surface area contributed by atoms with Gasteiger partial charge in [-0.15, -0.1) is 0 Å². The lowest BCUT2D eigenvalue weighted by Gasteiger charge is -2.30. The van der Waals surface area contributed by atoms with E-state index in [9.17, 15) is 4.79 Å². The van der Waals surface area contributed by atoms with Crippen LogP contribution in [0.3, 0.4) is 0 Å². The standard InChI is InChI=1S/C21H26N4O/c1-16-8-12-25(13-9-16)21(26)18-6-4-17(5-7-18)19-14-20(23-15-22-19)24-10-2-3-11-24/h4-7,14-16H,2-3,8-13H2,1H3. The Bertz CT molecular complexity index is 760. The van der Waals surface area contributed by atoms with Crippen LogP contribution >= 0.6 is 0 Å². The van der Waals surface area contributed by atoms with Crippen molar-refractivity contribution in [1.82, 2.24) is 14.9 Å². The first kappa shape index (κ1) is 17.0. The van der Waals surface area contributed by atoms with Crippen LogP contribution in [-0.2, 0) is 0 Å². The molecule has 1 aromatic heterocycles. The molecule has 0 N–H and O–H groups in total. The molecule has 0 bridgehead atoms. The zero-order valence-electron chi connectivity index (χ0n) is 15.4. The van der Waals surface area contributed by atoms with E-state index in [-0.39, 0.29) is 5.91 Å². The zero-order chi connectivity index (χ0) is 17.9. The second kappa shape index (κ2) is 7.44. The van der Waals surface area contributed by atoms with E-state index in [0.717, 1.165) is 67.6 Å². The van der Waals surface area contributed by atoms with Crippen molar-refractivity contribution in [2.45, 2.75) is 32.6 Å². The lowest BCUT2D eigenvalue weighted by Crippen LogP contribution is -2.37. The summed E-state index contributed by atoms with van der Waals surface area (Å²) in [5, 5.41) is 0. The van der Waals surface area contributed by atoms with Crippen LogP contribution in [0, 0.1) is 5.92 Å². The SMILES string of the molecule is CC1CCN(C(=O)c2ccc(-c3cc(N4CCCC4)ncn3)cc2)CC1. The third-order valence-corrected chi connectivity index (χ3v) is 5.58. The largest absolute Gasteiger partial charge is 0.357 e. The molecule has 2 saturated heterocycles. The molecule has 4 rings (SSSR count). The highest BCUT2D eigenvalue weighted by atomic mass is 16.2. The maximum atomic E-state index is 12.7. The van der Waals surface area contributed by atoms with Crippen LogP contribution in [0.15, 0.2) is 36.7 Å². The van der Waals surface area contributed by atoms with Crippen LogP contribution in [0.5, 0.6) is 0 Å². The first-order chi connectivity index (χ1) is 12.7. The lowest BCUT2D eigenvalue weighted by atomic mass is 9.98. The van der Waals surface area contributed by atoms with E-state index in [2.05, 4.69) is 21.8 Å². The van der Waals surface area contributed by atoms with Crippen LogP contribution in [0.2, 0.25) is 0 Å². The summed E-state index contributed by atoms with van der Waals surface area (Å²) in [6, 6.07) is 9.89. The van der Waals surface area contributed by atoms with Gasteiger partial charge in [-0.25, -0.2) is 9.97 Å². The van der Waals surface area contributed by atoms with E-state index < -0.39 is 0 Å². The number of amides is 1. The second-order valence-electron chi connectivity index (χ2n) is 7.51. The molecule has 0 spiro atoms. The molecule has 1 amide bonds. The van der Waals surface area contributed by atoms with Crippen molar-refractivity contribution >= 4 is 11.7 Å². The molecule has 0 unspecified atom stereocenters. The fraction of sp³-hybridized carbons (Fsp3) is 0.476. The van der Waals surface area contributed by atoms with Gasteiger partial charge in [-0.3, -0.25) is 4.79 Å². The number of hydrogen-bond acceptors (Lipinski definition) is 4. The van der Waals surface area contributed by atoms with E-state index in [1.807, 2.05) is 35.2 Å². The number of likely N-dealkylation sites (tertiary alicyclic amines) is 1. The van der Waals surface area contributed by atoms with Crippen molar-refractivity contribution in [1.29, 1.82) is 0 Å². The van der Waals surface area contributed by atoms with E-state index in [4.69, 9.17) is 0 Å². The van der Waals surface area contributed by atoms with Gasteiger partial charge in [0.05, 0.1) is 5.69 Å². The van der Waals surface area contributed by atoms with Gasteiger partial charge in [-0.2, -0.15) is 0 Å². The molecule has 1 aromatic carbocycles. The highest BCUT2D eigenvalue weighted by Crippen LogP contribution is 2.24. The van der Waals surface area contributed by atoms with Crippen LogP contribution in [0.25, 0.3) is 11.3 Å². The Balaban J connectivity index is 1.49. The highest BCUT2D eigenvalue weighted by Gasteiger charge is 2.21. The minimum absolute atomic E-state index is 0.142. The molecule has 26 heavy (non-hydrogen) atoms. The predicted molar refractivity (Wildman–Crippen MR) is 103 cm³/mol. The maximum Gasteiger partial charge on any atom is 0.253 e. The Labute approximate surface area is 155 Å². The first-order valence-corrected chi connectivity index (χ1v) is 9.67. The van der Waals surface area contributed by atoms with Crippen molar-refractivity contribution in [2.75, 3.05) is 31.1 Å². The number of aromatic nitrogens is 2. The van der Waals surface area contributed by atoms with Gasteiger partial charge in [0.25, 0.3) is 5.91 Å². The van der Waals surface area contributed by atoms with Crippen molar-refractivity contribution in [3.8, 4) is 11.3 Å². The monoisotopic (exact) mass is 350 g/mol. The topological polar surface area (TPSA) is 49.3 Å². The van der Waals surface area contributed by atoms with Crippen LogP contribution in [0.1, 0.15) is 43.0 Å². The van der Waals surface area contributed by atoms with E-state index >= 15 is 0 Å². The summed E-state index contributed by atoms with van der Waals surface area (Å²) >= 11 is 0. The van der Waals surface area contributed by atoms with Crippen molar-refractivity contribution in [3.05, 3.63) is 42.2 Å². The number of anilines is 1. The molecule has 5 heteroatoms. The number of benzene rings is 1. The lowest BCUT2D eigenvalue weighted by molar-refractivity contribution is 0.0697. The van der Waals surface area contributed by atoms with Gasteiger partial charge in [0, 0.05) is 43.4 Å². The smallest absolute Gasteiger partial charge is 0.253 e. The summed E-state index contributed by atoms with van der Waals surface area (Å²) in [5.74, 6) is 1.86. The summed E-state index contributed by atoms with van der Waals surface area (Å²) < 4.78 is 0. The Morgan fingerprint density at radius 3 is 2.38 bits per heavy atom. The Hall–Kier alpha value is -2.43. The van der Waals surface area contributed by atoms with Crippen molar-refractivity contribution in [2.24, 2.45) is 5.92 Å². The summed E-state index contributed by atoms with van der Waals surface area (Å²) in [4.78, 5) is 25.8. The van der Waals surface area contributed by atoms with Crippen molar-refractivity contribution < 1.29 is 4.79 Å². The fourth-order valence-corrected chi connectivity index (χ4v) is 3.80.